The molecule has 2 rings (SSSR count). The second-order valence-corrected chi connectivity index (χ2v) is 5.74. The molecule has 112 valence electrons. The summed E-state index contributed by atoms with van der Waals surface area (Å²) >= 11 is 1.49. The summed E-state index contributed by atoms with van der Waals surface area (Å²) in [6, 6.07) is 1.82. The number of thiophene rings is 1. The van der Waals surface area contributed by atoms with Gasteiger partial charge in [-0.2, -0.15) is 11.3 Å². The van der Waals surface area contributed by atoms with Crippen molar-refractivity contribution in [2.45, 2.75) is 26.9 Å². The van der Waals surface area contributed by atoms with Gasteiger partial charge in [-0.05, 0) is 48.7 Å². The van der Waals surface area contributed by atoms with Gasteiger partial charge in [-0.25, -0.2) is 0 Å². The van der Waals surface area contributed by atoms with E-state index in [1.165, 1.54) is 18.3 Å². The highest BCUT2D eigenvalue weighted by atomic mass is 32.1. The number of nitrogens with one attached hydrogen (secondary N) is 2. The first-order valence-corrected chi connectivity index (χ1v) is 7.54. The number of rotatable bonds is 5. The van der Waals surface area contributed by atoms with Gasteiger partial charge >= 0.3 is 0 Å². The number of aromatic nitrogens is 1. The molecule has 0 saturated carbocycles. The summed E-state index contributed by atoms with van der Waals surface area (Å²) in [6.07, 6.45) is -0.733. The Balaban J connectivity index is 2.08. The predicted octanol–water partition coefficient (Wildman–Crippen LogP) is 2.36. The zero-order chi connectivity index (χ0) is 15.6. The number of aromatic amines is 1. The van der Waals surface area contributed by atoms with Crippen molar-refractivity contribution in [1.82, 2.24) is 10.3 Å². The van der Waals surface area contributed by atoms with Crippen molar-refractivity contribution >= 4 is 23.0 Å². The van der Waals surface area contributed by atoms with E-state index >= 15 is 0 Å². The quantitative estimate of drug-likeness (QED) is 0.742. The Morgan fingerprint density at radius 2 is 2.14 bits per heavy atom. The van der Waals surface area contributed by atoms with E-state index in [-0.39, 0.29) is 18.2 Å². The molecule has 0 aliphatic rings. The van der Waals surface area contributed by atoms with Crippen molar-refractivity contribution in [3.8, 4) is 0 Å². The standard InChI is InChI=1S/C15H18N2O3S/c1-8-13(10(3)18)9(2)17-14(8)15(20)16-6-12(19)11-4-5-21-7-11/h4-5,7,12,17,19H,6H2,1-3H3,(H,16,20). The number of aliphatic hydroxyl groups excluding tert-OH is 1. The van der Waals surface area contributed by atoms with Crippen LogP contribution < -0.4 is 5.32 Å². The Morgan fingerprint density at radius 1 is 1.43 bits per heavy atom. The van der Waals surface area contributed by atoms with Gasteiger partial charge in [0.05, 0.1) is 6.10 Å². The summed E-state index contributed by atoms with van der Waals surface area (Å²) in [5.74, 6) is -0.393. The molecule has 0 spiro atoms. The minimum Gasteiger partial charge on any atom is -0.387 e. The van der Waals surface area contributed by atoms with Crippen LogP contribution in [0, 0.1) is 13.8 Å². The molecule has 2 heterocycles. The van der Waals surface area contributed by atoms with Crippen LogP contribution in [0.1, 0.15) is 50.7 Å². The zero-order valence-electron chi connectivity index (χ0n) is 12.2. The second-order valence-electron chi connectivity index (χ2n) is 4.96. The molecule has 1 unspecified atom stereocenters. The Bertz CT molecular complexity index is 659. The number of H-pyrrole nitrogens is 1. The highest BCUT2D eigenvalue weighted by Gasteiger charge is 2.20. The summed E-state index contributed by atoms with van der Waals surface area (Å²) in [4.78, 5) is 26.7. The lowest BCUT2D eigenvalue weighted by Crippen LogP contribution is -2.29. The van der Waals surface area contributed by atoms with Crippen molar-refractivity contribution in [2.24, 2.45) is 0 Å². The third kappa shape index (κ3) is 3.22. The molecule has 0 fully saturated rings. The van der Waals surface area contributed by atoms with E-state index in [1.807, 2.05) is 16.8 Å². The number of hydrogen-bond acceptors (Lipinski definition) is 4. The molecule has 1 amide bonds. The van der Waals surface area contributed by atoms with Gasteiger partial charge in [0.25, 0.3) is 5.91 Å². The summed E-state index contributed by atoms with van der Waals surface area (Å²) < 4.78 is 0. The van der Waals surface area contributed by atoms with Crippen LogP contribution in [-0.2, 0) is 0 Å². The molecule has 1 atom stereocenters. The van der Waals surface area contributed by atoms with E-state index < -0.39 is 6.10 Å². The molecule has 0 aromatic carbocycles. The number of ketones is 1. The van der Waals surface area contributed by atoms with Crippen LogP contribution in [-0.4, -0.2) is 28.3 Å². The number of amides is 1. The Hall–Kier alpha value is -1.92. The maximum atomic E-state index is 12.2. The number of Topliss-reactive ketones (excluding diaryl/α,β-unsaturated/α-hetero) is 1. The number of carbonyl (C=O) groups is 2. The van der Waals surface area contributed by atoms with Crippen LogP contribution in [0.25, 0.3) is 0 Å². The molecular weight excluding hydrogens is 288 g/mol. The highest BCUT2D eigenvalue weighted by Crippen LogP contribution is 2.19. The normalized spacial score (nSPS) is 12.2. The molecular formula is C15H18N2O3S. The average Bonchev–Trinajstić information content (AvgIpc) is 3.03. The van der Waals surface area contributed by atoms with E-state index in [9.17, 15) is 14.7 Å². The molecule has 2 aromatic rings. The number of aryl methyl sites for hydroxylation is 1. The summed E-state index contributed by atoms with van der Waals surface area (Å²) in [5, 5.41) is 16.3. The number of aliphatic hydroxyl groups is 1. The van der Waals surface area contributed by atoms with Crippen LogP contribution in [0.15, 0.2) is 16.8 Å². The molecule has 0 aliphatic carbocycles. The topological polar surface area (TPSA) is 82.2 Å². The van der Waals surface area contributed by atoms with Gasteiger partial charge in [0, 0.05) is 17.8 Å². The van der Waals surface area contributed by atoms with Crippen LogP contribution in [0.5, 0.6) is 0 Å². The van der Waals surface area contributed by atoms with Crippen molar-refractivity contribution in [3.05, 3.63) is 44.9 Å². The SMILES string of the molecule is CC(=O)c1c(C)[nH]c(C(=O)NCC(O)c2ccsc2)c1C. The van der Waals surface area contributed by atoms with Gasteiger partial charge < -0.3 is 15.4 Å². The second kappa shape index (κ2) is 6.24. The Morgan fingerprint density at radius 3 is 2.67 bits per heavy atom. The Labute approximate surface area is 127 Å². The third-order valence-corrected chi connectivity index (χ3v) is 4.10. The molecule has 0 bridgehead atoms. The first-order valence-electron chi connectivity index (χ1n) is 6.60. The Kier molecular flexibility index (Phi) is 4.59. The lowest BCUT2D eigenvalue weighted by Gasteiger charge is -2.10. The smallest absolute Gasteiger partial charge is 0.268 e. The lowest BCUT2D eigenvalue weighted by molar-refractivity contribution is 0.0911. The van der Waals surface area contributed by atoms with Crippen molar-refractivity contribution < 1.29 is 14.7 Å². The van der Waals surface area contributed by atoms with E-state index in [2.05, 4.69) is 10.3 Å². The van der Waals surface area contributed by atoms with Gasteiger partial charge in [-0.3, -0.25) is 9.59 Å². The van der Waals surface area contributed by atoms with Crippen molar-refractivity contribution in [1.29, 1.82) is 0 Å². The minimum atomic E-state index is -0.733. The largest absolute Gasteiger partial charge is 0.387 e. The maximum Gasteiger partial charge on any atom is 0.268 e. The summed E-state index contributed by atoms with van der Waals surface area (Å²) in [7, 11) is 0. The first-order chi connectivity index (χ1) is 9.91. The van der Waals surface area contributed by atoms with Crippen LogP contribution >= 0.6 is 11.3 Å². The van der Waals surface area contributed by atoms with Crippen LogP contribution in [0.4, 0.5) is 0 Å². The third-order valence-electron chi connectivity index (χ3n) is 3.40. The predicted molar refractivity (Wildman–Crippen MR) is 81.9 cm³/mol. The minimum absolute atomic E-state index is 0.0707. The molecule has 21 heavy (non-hydrogen) atoms. The monoisotopic (exact) mass is 306 g/mol. The van der Waals surface area contributed by atoms with Gasteiger partial charge in [-0.1, -0.05) is 0 Å². The molecule has 2 aromatic heterocycles. The van der Waals surface area contributed by atoms with Crippen LogP contribution in [0.3, 0.4) is 0 Å². The number of carbonyl (C=O) groups excluding carboxylic acids is 2. The van der Waals surface area contributed by atoms with Crippen molar-refractivity contribution in [3.63, 3.8) is 0 Å². The maximum absolute atomic E-state index is 12.2. The van der Waals surface area contributed by atoms with Crippen molar-refractivity contribution in [2.75, 3.05) is 6.54 Å². The molecule has 0 radical (unpaired) electrons. The lowest BCUT2D eigenvalue weighted by atomic mass is 10.1. The van der Waals surface area contributed by atoms with Gasteiger partial charge in [0.2, 0.25) is 0 Å². The van der Waals surface area contributed by atoms with Gasteiger partial charge in [0.15, 0.2) is 5.78 Å². The number of hydrogen-bond donors (Lipinski definition) is 3. The zero-order valence-corrected chi connectivity index (χ0v) is 13.0. The van der Waals surface area contributed by atoms with E-state index in [1.54, 1.807) is 13.8 Å². The van der Waals surface area contributed by atoms with Gasteiger partial charge in [0.1, 0.15) is 5.69 Å². The molecule has 6 heteroatoms. The fraction of sp³-hybridized carbons (Fsp3) is 0.333. The van der Waals surface area contributed by atoms with Crippen LogP contribution in [0.2, 0.25) is 0 Å². The van der Waals surface area contributed by atoms with E-state index in [0.29, 0.717) is 22.5 Å². The highest BCUT2D eigenvalue weighted by molar-refractivity contribution is 7.07. The first kappa shape index (κ1) is 15.5. The molecule has 0 aliphatic heterocycles. The van der Waals surface area contributed by atoms with Gasteiger partial charge in [-0.15, -0.1) is 0 Å². The summed E-state index contributed by atoms with van der Waals surface area (Å²) in [6.45, 7) is 5.11. The molecule has 5 nitrogen and oxygen atoms in total. The fourth-order valence-electron chi connectivity index (χ4n) is 2.37. The summed E-state index contributed by atoms with van der Waals surface area (Å²) in [5.41, 5.74) is 3.03. The molecule has 0 saturated heterocycles. The fourth-order valence-corrected chi connectivity index (χ4v) is 3.07. The molecule has 3 N–H and O–H groups in total. The van der Waals surface area contributed by atoms with E-state index in [4.69, 9.17) is 0 Å². The average molecular weight is 306 g/mol. The van der Waals surface area contributed by atoms with E-state index in [0.717, 1.165) is 5.56 Å².